The lowest BCUT2D eigenvalue weighted by molar-refractivity contribution is 0.192. The maximum atomic E-state index is 12.4. The summed E-state index contributed by atoms with van der Waals surface area (Å²) in [6.07, 6.45) is 0.368. The molecule has 0 unspecified atom stereocenters. The zero-order valence-electron chi connectivity index (χ0n) is 12.9. The van der Waals surface area contributed by atoms with Gasteiger partial charge in [0.1, 0.15) is 0 Å². The first-order valence-corrected chi connectivity index (χ1v) is 11.2. The Kier molecular flexibility index (Phi) is 4.29. The number of benzene rings is 1. The van der Waals surface area contributed by atoms with Crippen molar-refractivity contribution >= 4 is 37.3 Å². The Morgan fingerprint density at radius 1 is 1.25 bits per heavy atom. The first kappa shape index (κ1) is 17.5. The van der Waals surface area contributed by atoms with Gasteiger partial charge in [0.15, 0.2) is 19.7 Å². The number of hydrogen-bond donors (Lipinski definition) is 1. The fourth-order valence-electron chi connectivity index (χ4n) is 3.10. The molecular formula is C14H17ClN2O5S2. The smallest absolute Gasteiger partial charge is 0.317 e. The fourth-order valence-corrected chi connectivity index (χ4v) is 6.78. The second kappa shape index (κ2) is 5.89. The summed E-state index contributed by atoms with van der Waals surface area (Å²) in [5.74, 6) is -0.245. The molecule has 3 rings (SSSR count). The molecule has 1 saturated heterocycles. The van der Waals surface area contributed by atoms with E-state index in [0.717, 1.165) is 0 Å². The van der Waals surface area contributed by atoms with Gasteiger partial charge in [0.25, 0.3) is 0 Å². The van der Waals surface area contributed by atoms with E-state index in [1.54, 1.807) is 6.07 Å². The Morgan fingerprint density at radius 3 is 2.58 bits per heavy atom. The van der Waals surface area contributed by atoms with Gasteiger partial charge < -0.3 is 10.2 Å². The second-order valence-electron chi connectivity index (χ2n) is 6.14. The average molecular weight is 393 g/mol. The van der Waals surface area contributed by atoms with Crippen LogP contribution in [0.5, 0.6) is 0 Å². The van der Waals surface area contributed by atoms with Gasteiger partial charge in [0.2, 0.25) is 0 Å². The number of rotatable bonds is 2. The topological polar surface area (TPSA) is 101 Å². The highest BCUT2D eigenvalue weighted by Crippen LogP contribution is 2.38. The highest BCUT2D eigenvalue weighted by Gasteiger charge is 2.39. The van der Waals surface area contributed by atoms with Crippen LogP contribution in [-0.4, -0.2) is 58.1 Å². The predicted octanol–water partition coefficient (Wildman–Crippen LogP) is 0.997. The molecule has 7 nitrogen and oxygen atoms in total. The normalized spacial score (nSPS) is 26.8. The summed E-state index contributed by atoms with van der Waals surface area (Å²) in [6.45, 7) is 0. The molecule has 1 fully saturated rings. The van der Waals surface area contributed by atoms with Gasteiger partial charge >= 0.3 is 6.03 Å². The lowest BCUT2D eigenvalue weighted by Crippen LogP contribution is -2.45. The number of urea groups is 1. The van der Waals surface area contributed by atoms with Crippen molar-refractivity contribution < 1.29 is 21.6 Å². The number of hydrogen-bond acceptors (Lipinski definition) is 5. The van der Waals surface area contributed by atoms with Crippen molar-refractivity contribution in [3.8, 4) is 0 Å². The Labute approximate surface area is 145 Å². The lowest BCUT2D eigenvalue weighted by Gasteiger charge is -2.26. The van der Waals surface area contributed by atoms with Crippen LogP contribution in [0.2, 0.25) is 5.02 Å². The van der Waals surface area contributed by atoms with Crippen LogP contribution < -0.4 is 5.32 Å². The number of sulfone groups is 2. The molecule has 0 aromatic heterocycles. The van der Waals surface area contributed by atoms with Gasteiger partial charge in [-0.2, -0.15) is 0 Å². The minimum Gasteiger partial charge on any atom is -0.334 e. The van der Waals surface area contributed by atoms with E-state index in [1.807, 2.05) is 0 Å². The van der Waals surface area contributed by atoms with E-state index in [4.69, 9.17) is 11.6 Å². The molecule has 1 N–H and O–H groups in total. The minimum absolute atomic E-state index is 0.0535. The average Bonchev–Trinajstić information content (AvgIpc) is 2.94. The Balaban J connectivity index is 1.80. The highest BCUT2D eigenvalue weighted by molar-refractivity contribution is 7.92. The zero-order chi connectivity index (χ0) is 17.7. The molecule has 0 radical (unpaired) electrons. The Morgan fingerprint density at radius 2 is 1.96 bits per heavy atom. The van der Waals surface area contributed by atoms with Crippen LogP contribution in [0.15, 0.2) is 23.1 Å². The molecule has 2 heterocycles. The number of halogens is 1. The summed E-state index contributed by atoms with van der Waals surface area (Å²) in [5.41, 5.74) is 0.485. The molecule has 0 saturated carbocycles. The molecule has 0 bridgehead atoms. The van der Waals surface area contributed by atoms with Crippen molar-refractivity contribution in [2.45, 2.75) is 23.4 Å². The molecule has 2 amide bonds. The van der Waals surface area contributed by atoms with Crippen molar-refractivity contribution in [3.05, 3.63) is 28.8 Å². The summed E-state index contributed by atoms with van der Waals surface area (Å²) >= 11 is 5.95. The van der Waals surface area contributed by atoms with Crippen molar-refractivity contribution in [2.24, 2.45) is 0 Å². The van der Waals surface area contributed by atoms with E-state index >= 15 is 0 Å². The van der Waals surface area contributed by atoms with Crippen LogP contribution in [0.1, 0.15) is 18.0 Å². The molecule has 0 aliphatic carbocycles. The van der Waals surface area contributed by atoms with E-state index in [0.29, 0.717) is 17.0 Å². The van der Waals surface area contributed by atoms with Crippen molar-refractivity contribution in [3.63, 3.8) is 0 Å². The Hall–Kier alpha value is -1.32. The number of amides is 2. The molecule has 2 aliphatic rings. The quantitative estimate of drug-likeness (QED) is 0.809. The molecule has 2 atom stereocenters. The maximum Gasteiger partial charge on any atom is 0.317 e. The van der Waals surface area contributed by atoms with Crippen molar-refractivity contribution in [1.29, 1.82) is 0 Å². The van der Waals surface area contributed by atoms with Crippen LogP contribution in [0.4, 0.5) is 4.79 Å². The maximum absolute atomic E-state index is 12.4. The molecule has 0 spiro atoms. The molecule has 132 valence electrons. The largest absolute Gasteiger partial charge is 0.334 e. The highest BCUT2D eigenvalue weighted by atomic mass is 35.5. The minimum atomic E-state index is -3.47. The number of fused-ring (bicyclic) bond motifs is 1. The molecule has 1 aromatic carbocycles. The molecule has 24 heavy (non-hydrogen) atoms. The van der Waals surface area contributed by atoms with E-state index < -0.39 is 37.8 Å². The van der Waals surface area contributed by atoms with Crippen LogP contribution in [0.25, 0.3) is 0 Å². The molecule has 1 aromatic rings. The third kappa shape index (κ3) is 3.25. The first-order chi connectivity index (χ1) is 11.1. The van der Waals surface area contributed by atoms with E-state index in [-0.39, 0.29) is 22.2 Å². The van der Waals surface area contributed by atoms with E-state index in [9.17, 15) is 21.6 Å². The van der Waals surface area contributed by atoms with Gasteiger partial charge in [0, 0.05) is 18.1 Å². The van der Waals surface area contributed by atoms with Crippen molar-refractivity contribution in [1.82, 2.24) is 10.2 Å². The number of nitrogens with one attached hydrogen (secondary N) is 1. The van der Waals surface area contributed by atoms with Gasteiger partial charge in [-0.05, 0) is 30.2 Å². The van der Waals surface area contributed by atoms with Crippen molar-refractivity contribution in [2.75, 3.05) is 24.3 Å². The summed E-state index contributed by atoms with van der Waals surface area (Å²) in [7, 11) is -5.08. The van der Waals surface area contributed by atoms with Crippen LogP contribution >= 0.6 is 11.6 Å². The standard InChI is InChI=1S/C14H17ClN2O5S2/c1-17(14(18)16-10-4-5-23(19,20)7-10)12-8-24(21,22)13-3-2-9(15)6-11(12)13/h2-3,6,10,12H,4-5,7-8H2,1H3,(H,16,18)/t10-,12+/m1/s1. The predicted molar refractivity (Wildman–Crippen MR) is 89.6 cm³/mol. The van der Waals surface area contributed by atoms with Crippen LogP contribution in [-0.2, 0) is 19.7 Å². The molecule has 10 heteroatoms. The molecule has 2 aliphatic heterocycles. The third-order valence-electron chi connectivity index (χ3n) is 4.39. The van der Waals surface area contributed by atoms with Gasteiger partial charge in [0.05, 0.1) is 28.2 Å². The van der Waals surface area contributed by atoms with Gasteiger partial charge in [-0.25, -0.2) is 21.6 Å². The number of carbonyl (C=O) groups is 1. The number of carbonyl (C=O) groups excluding carboxylic acids is 1. The van der Waals surface area contributed by atoms with Gasteiger partial charge in [-0.15, -0.1) is 0 Å². The monoisotopic (exact) mass is 392 g/mol. The SMILES string of the molecule is CN(C(=O)N[C@@H]1CCS(=O)(=O)C1)[C@H]1CS(=O)(=O)c2ccc(Cl)cc21. The Bertz CT molecular complexity index is 898. The number of nitrogens with zero attached hydrogens (tertiary/aromatic N) is 1. The van der Waals surface area contributed by atoms with Crippen LogP contribution in [0, 0.1) is 0 Å². The van der Waals surface area contributed by atoms with E-state index in [1.165, 1.54) is 24.1 Å². The summed E-state index contributed by atoms with van der Waals surface area (Å²) in [5, 5.41) is 3.06. The fraction of sp³-hybridized carbons (Fsp3) is 0.500. The second-order valence-corrected chi connectivity index (χ2v) is 10.8. The summed E-state index contributed by atoms with van der Waals surface area (Å²) < 4.78 is 47.5. The molecular weight excluding hydrogens is 376 g/mol. The summed E-state index contributed by atoms with van der Waals surface area (Å²) in [6, 6.07) is 2.91. The lowest BCUT2D eigenvalue weighted by atomic mass is 10.1. The van der Waals surface area contributed by atoms with Gasteiger partial charge in [-0.1, -0.05) is 11.6 Å². The third-order valence-corrected chi connectivity index (χ3v) is 8.19. The first-order valence-electron chi connectivity index (χ1n) is 7.35. The van der Waals surface area contributed by atoms with Gasteiger partial charge in [-0.3, -0.25) is 0 Å². The summed E-state index contributed by atoms with van der Waals surface area (Å²) in [4.78, 5) is 13.9. The van der Waals surface area contributed by atoms with E-state index in [2.05, 4.69) is 5.32 Å². The zero-order valence-corrected chi connectivity index (χ0v) is 15.3. The van der Waals surface area contributed by atoms with Crippen LogP contribution in [0.3, 0.4) is 0 Å².